The van der Waals surface area contributed by atoms with Crippen LogP contribution in [0, 0.1) is 0 Å². The molecule has 2 rings (SSSR count). The van der Waals surface area contributed by atoms with Crippen LogP contribution >= 0.6 is 0 Å². The Labute approximate surface area is 142 Å². The SMILES string of the molecule is C[C@H](C(=O)OC(C)(C)C)N1Cc2cc[c]([Sn]([CH3])([CH3])[CH3])nc2C1=O. The van der Waals surface area contributed by atoms with Crippen molar-refractivity contribution in [3.8, 4) is 0 Å². The van der Waals surface area contributed by atoms with Crippen LogP contribution in [-0.2, 0) is 16.1 Å². The third kappa shape index (κ3) is 4.05. The van der Waals surface area contributed by atoms with E-state index in [1.54, 1.807) is 11.8 Å². The fourth-order valence-electron chi connectivity index (χ4n) is 2.44. The van der Waals surface area contributed by atoms with Crippen LogP contribution in [0.5, 0.6) is 0 Å². The van der Waals surface area contributed by atoms with Gasteiger partial charge >= 0.3 is 142 Å². The topological polar surface area (TPSA) is 59.5 Å². The first-order valence-electron chi connectivity index (χ1n) is 7.94. The molecule has 1 aliphatic rings. The minimum absolute atomic E-state index is 0.171. The van der Waals surface area contributed by atoms with Crippen LogP contribution in [0.4, 0.5) is 0 Å². The molecule has 0 saturated heterocycles. The first-order chi connectivity index (χ1) is 10.4. The molecule has 0 fully saturated rings. The number of hydrogen-bond acceptors (Lipinski definition) is 4. The van der Waals surface area contributed by atoms with E-state index in [0.29, 0.717) is 12.2 Å². The fraction of sp³-hybridized carbons (Fsp3) is 0.588. The molecule has 1 aromatic rings. The Kier molecular flexibility index (Phi) is 4.81. The number of pyridine rings is 1. The van der Waals surface area contributed by atoms with E-state index < -0.39 is 30.0 Å². The number of fused-ring (bicyclic) bond motifs is 1. The van der Waals surface area contributed by atoms with Crippen LogP contribution in [0.1, 0.15) is 43.7 Å². The van der Waals surface area contributed by atoms with Crippen molar-refractivity contribution in [1.82, 2.24) is 9.88 Å². The second-order valence-corrected chi connectivity index (χ2v) is 22.4. The number of rotatable bonds is 3. The van der Waals surface area contributed by atoms with E-state index in [1.165, 1.54) is 0 Å². The number of nitrogens with zero attached hydrogens (tertiary/aromatic N) is 2. The third-order valence-corrected chi connectivity index (χ3v) is 8.95. The van der Waals surface area contributed by atoms with Crippen molar-refractivity contribution in [2.45, 2.75) is 60.7 Å². The molecule has 0 radical (unpaired) electrons. The van der Waals surface area contributed by atoms with E-state index in [-0.39, 0.29) is 11.9 Å². The molecule has 23 heavy (non-hydrogen) atoms. The van der Waals surface area contributed by atoms with Gasteiger partial charge in [0.1, 0.15) is 0 Å². The quantitative estimate of drug-likeness (QED) is 0.551. The zero-order valence-corrected chi connectivity index (χ0v) is 17.9. The van der Waals surface area contributed by atoms with Crippen molar-refractivity contribution < 1.29 is 14.3 Å². The number of carbonyl (C=O) groups excluding carboxylic acids is 2. The Morgan fingerprint density at radius 2 is 1.91 bits per heavy atom. The van der Waals surface area contributed by atoms with Gasteiger partial charge in [-0.3, -0.25) is 0 Å². The molecule has 0 aliphatic carbocycles. The van der Waals surface area contributed by atoms with E-state index in [1.807, 2.05) is 32.9 Å². The summed E-state index contributed by atoms with van der Waals surface area (Å²) in [5.74, 6) is -0.551. The van der Waals surface area contributed by atoms with E-state index in [9.17, 15) is 9.59 Å². The second-order valence-electron chi connectivity index (χ2n) is 8.10. The summed E-state index contributed by atoms with van der Waals surface area (Å²) < 4.78 is 6.48. The van der Waals surface area contributed by atoms with E-state index in [4.69, 9.17) is 4.74 Å². The molecule has 0 saturated carbocycles. The predicted molar refractivity (Wildman–Crippen MR) is 92.4 cm³/mol. The Balaban J connectivity index is 2.23. The number of carbonyl (C=O) groups is 2. The first kappa shape index (κ1) is 18.2. The third-order valence-electron chi connectivity index (χ3n) is 3.77. The van der Waals surface area contributed by atoms with Gasteiger partial charge in [-0.1, -0.05) is 0 Å². The summed E-state index contributed by atoms with van der Waals surface area (Å²) in [6, 6.07) is 3.42. The van der Waals surface area contributed by atoms with Crippen molar-refractivity contribution >= 4 is 34.0 Å². The molecule has 0 spiro atoms. The summed E-state index contributed by atoms with van der Waals surface area (Å²) in [5.41, 5.74) is 0.835. The summed E-state index contributed by atoms with van der Waals surface area (Å²) in [7, 11) is 0. The molecular formula is C17H26N2O3Sn. The Morgan fingerprint density at radius 1 is 1.30 bits per heavy atom. The average molecular weight is 425 g/mol. The van der Waals surface area contributed by atoms with Gasteiger partial charge in [-0.05, 0) is 0 Å². The van der Waals surface area contributed by atoms with Gasteiger partial charge in [-0.15, -0.1) is 0 Å². The van der Waals surface area contributed by atoms with Crippen LogP contribution in [0.2, 0.25) is 14.8 Å². The van der Waals surface area contributed by atoms with Crippen molar-refractivity contribution in [3.63, 3.8) is 0 Å². The van der Waals surface area contributed by atoms with Gasteiger partial charge in [0.15, 0.2) is 0 Å². The molecule has 1 atom stereocenters. The first-order valence-corrected chi connectivity index (χ1v) is 17.9. The van der Waals surface area contributed by atoms with E-state index in [0.717, 1.165) is 9.27 Å². The van der Waals surface area contributed by atoms with Crippen molar-refractivity contribution in [2.24, 2.45) is 0 Å². The van der Waals surface area contributed by atoms with Crippen LogP contribution in [0.3, 0.4) is 0 Å². The molecule has 1 aromatic heterocycles. The molecule has 126 valence electrons. The van der Waals surface area contributed by atoms with Gasteiger partial charge in [0, 0.05) is 0 Å². The van der Waals surface area contributed by atoms with Gasteiger partial charge in [0.25, 0.3) is 0 Å². The number of aromatic nitrogens is 1. The second kappa shape index (κ2) is 6.07. The van der Waals surface area contributed by atoms with Crippen LogP contribution in [-0.4, -0.2) is 51.8 Å². The van der Waals surface area contributed by atoms with Gasteiger partial charge in [-0.2, -0.15) is 0 Å². The number of ether oxygens (including phenoxy) is 1. The van der Waals surface area contributed by atoms with Crippen molar-refractivity contribution in [3.05, 3.63) is 23.4 Å². The molecule has 2 heterocycles. The summed E-state index contributed by atoms with van der Waals surface area (Å²) in [6.45, 7) is 7.59. The maximum atomic E-state index is 12.7. The molecule has 1 aliphatic heterocycles. The summed E-state index contributed by atoms with van der Waals surface area (Å²) in [5, 5.41) is 0. The van der Waals surface area contributed by atoms with Crippen LogP contribution in [0.15, 0.2) is 12.1 Å². The molecule has 6 heteroatoms. The molecular weight excluding hydrogens is 399 g/mol. The van der Waals surface area contributed by atoms with Crippen molar-refractivity contribution in [1.29, 1.82) is 0 Å². The fourth-order valence-corrected chi connectivity index (χ4v) is 5.38. The Morgan fingerprint density at radius 3 is 2.43 bits per heavy atom. The van der Waals surface area contributed by atoms with Gasteiger partial charge < -0.3 is 0 Å². The zero-order chi connectivity index (χ0) is 17.6. The molecule has 0 N–H and O–H groups in total. The minimum atomic E-state index is -2.33. The predicted octanol–water partition coefficient (Wildman–Crippen LogP) is 2.31. The van der Waals surface area contributed by atoms with Crippen LogP contribution in [0.25, 0.3) is 0 Å². The molecule has 0 unspecified atom stereocenters. The van der Waals surface area contributed by atoms with E-state index >= 15 is 0 Å². The van der Waals surface area contributed by atoms with Gasteiger partial charge in [-0.25, -0.2) is 0 Å². The molecule has 0 bridgehead atoms. The number of hydrogen-bond donors (Lipinski definition) is 0. The molecule has 5 nitrogen and oxygen atoms in total. The average Bonchev–Trinajstić information content (AvgIpc) is 2.72. The monoisotopic (exact) mass is 426 g/mol. The zero-order valence-electron chi connectivity index (χ0n) is 15.1. The number of esters is 1. The molecule has 0 aromatic carbocycles. The summed E-state index contributed by atoms with van der Waals surface area (Å²) >= 11 is -2.33. The van der Waals surface area contributed by atoms with Crippen LogP contribution < -0.4 is 3.71 Å². The van der Waals surface area contributed by atoms with Gasteiger partial charge in [0.05, 0.1) is 0 Å². The Hall–Kier alpha value is -1.11. The summed E-state index contributed by atoms with van der Waals surface area (Å²) in [4.78, 5) is 37.9. The van der Waals surface area contributed by atoms with E-state index in [2.05, 4.69) is 19.8 Å². The standard InChI is InChI=1S/C14H17N2O3.3CH3.Sn/c1-9(13(18)19-14(2,3)4)16-8-10-6-5-7-15-11(10)12(16)17;;;;/h5-6,9H,8H2,1-4H3;3*1H3;/t9-;;;;/m1..../s1. The number of amides is 1. The van der Waals surface area contributed by atoms with Gasteiger partial charge in [0.2, 0.25) is 0 Å². The summed E-state index contributed by atoms with van der Waals surface area (Å²) in [6.07, 6.45) is 0. The maximum absolute atomic E-state index is 12.7. The normalized spacial score (nSPS) is 16.3. The molecule has 1 amide bonds. The van der Waals surface area contributed by atoms with Crippen molar-refractivity contribution in [2.75, 3.05) is 0 Å². The Bertz CT molecular complexity index is 644.